The largest absolute Gasteiger partial charge is 0.323 e. The molecule has 4 bridgehead atoms. The van der Waals surface area contributed by atoms with Crippen LogP contribution >= 0.6 is 0 Å². The van der Waals surface area contributed by atoms with Crippen molar-refractivity contribution in [2.45, 2.75) is 12.3 Å². The summed E-state index contributed by atoms with van der Waals surface area (Å²) in [6.45, 7) is 7.70. The third-order valence-electron chi connectivity index (χ3n) is 5.01. The zero-order valence-electron chi connectivity index (χ0n) is 11.3. The fourth-order valence-electron chi connectivity index (χ4n) is 4.68. The predicted octanol–water partition coefficient (Wildman–Crippen LogP) is 0.848. The van der Waals surface area contributed by atoms with E-state index in [1.54, 1.807) is 0 Å². The Balaban J connectivity index is 1.91. The summed E-state index contributed by atoms with van der Waals surface area (Å²) in [5, 5.41) is 4.27. The predicted molar refractivity (Wildman–Crippen MR) is 75.9 cm³/mol. The average molecular weight is 256 g/mol. The van der Waals surface area contributed by atoms with Crippen molar-refractivity contribution in [3.05, 3.63) is 35.9 Å². The van der Waals surface area contributed by atoms with Gasteiger partial charge in [-0.25, -0.2) is 0 Å². The van der Waals surface area contributed by atoms with E-state index in [0.717, 1.165) is 32.8 Å². The number of benzene rings is 1. The molecule has 0 radical (unpaired) electrons. The highest BCUT2D eigenvalue weighted by molar-refractivity contribution is 6.01. The van der Waals surface area contributed by atoms with E-state index in [1.807, 2.05) is 0 Å². The molecule has 1 aromatic rings. The smallest absolute Gasteiger partial charge is 0.0614 e. The molecule has 4 aliphatic rings. The van der Waals surface area contributed by atoms with Gasteiger partial charge in [0, 0.05) is 31.6 Å². The van der Waals surface area contributed by atoms with E-state index in [0.29, 0.717) is 0 Å². The Morgan fingerprint density at radius 1 is 1.05 bits per heavy atom. The Hall–Kier alpha value is -1.39. The van der Waals surface area contributed by atoms with E-state index < -0.39 is 0 Å². The lowest BCUT2D eigenvalue weighted by molar-refractivity contribution is -0.0554. The third kappa shape index (κ3) is 1.38. The summed E-state index contributed by atoms with van der Waals surface area (Å²) in [6, 6.07) is 10.8. The second-order valence-electron chi connectivity index (χ2n) is 6.60. The van der Waals surface area contributed by atoms with Crippen LogP contribution in [0.5, 0.6) is 0 Å². The van der Waals surface area contributed by atoms with Gasteiger partial charge in [-0.3, -0.25) is 9.80 Å². The fourth-order valence-corrected chi connectivity index (χ4v) is 4.68. The van der Waals surface area contributed by atoms with Gasteiger partial charge in [-0.15, -0.1) is 0 Å². The molecule has 0 aromatic heterocycles. The Morgan fingerprint density at radius 3 is 2.26 bits per heavy atom. The quantitative estimate of drug-likeness (QED) is 0.598. The van der Waals surface area contributed by atoms with E-state index in [2.05, 4.69) is 52.2 Å². The van der Waals surface area contributed by atoms with Gasteiger partial charge in [0.25, 0.3) is 0 Å². The van der Waals surface area contributed by atoms with Crippen LogP contribution in [0, 0.1) is 5.41 Å². The van der Waals surface area contributed by atoms with Gasteiger partial charge in [-0.1, -0.05) is 37.3 Å². The molecule has 0 aliphatic carbocycles. The van der Waals surface area contributed by atoms with E-state index in [-0.39, 0.29) is 10.8 Å². The molecule has 4 heterocycles. The molecule has 2 atom stereocenters. The molecule has 0 saturated carbocycles. The third-order valence-corrected chi connectivity index (χ3v) is 5.01. The van der Waals surface area contributed by atoms with Crippen molar-refractivity contribution in [3.8, 4) is 0 Å². The second kappa shape index (κ2) is 3.58. The maximum Gasteiger partial charge on any atom is 0.0614 e. The minimum absolute atomic E-state index is 0.000486. The van der Waals surface area contributed by atoms with Crippen LogP contribution in [0.15, 0.2) is 35.4 Å². The molecule has 5 rings (SSSR count). The number of nitrogens with zero attached hydrogens (tertiary/aromatic N) is 3. The van der Waals surface area contributed by atoms with Gasteiger partial charge in [-0.2, -0.15) is 5.10 Å². The van der Waals surface area contributed by atoms with Crippen molar-refractivity contribution in [1.82, 2.24) is 9.80 Å². The molecular formula is C15H20N4. The van der Waals surface area contributed by atoms with E-state index in [9.17, 15) is 0 Å². The Labute approximate surface area is 113 Å². The van der Waals surface area contributed by atoms with Gasteiger partial charge < -0.3 is 5.84 Å². The molecule has 2 N–H and O–H groups in total. The summed E-state index contributed by atoms with van der Waals surface area (Å²) < 4.78 is 0. The second-order valence-corrected chi connectivity index (χ2v) is 6.60. The molecule has 2 unspecified atom stereocenters. The minimum atomic E-state index is -0.000486. The van der Waals surface area contributed by atoms with E-state index in [4.69, 9.17) is 5.84 Å². The van der Waals surface area contributed by atoms with Crippen LogP contribution in [0.2, 0.25) is 0 Å². The minimum Gasteiger partial charge on any atom is -0.323 e. The number of rotatable bonds is 1. The van der Waals surface area contributed by atoms with Crippen LogP contribution in [-0.4, -0.2) is 48.4 Å². The molecule has 4 fully saturated rings. The molecule has 4 nitrogen and oxygen atoms in total. The first-order valence-electron chi connectivity index (χ1n) is 6.95. The van der Waals surface area contributed by atoms with E-state index in [1.165, 1.54) is 11.3 Å². The van der Waals surface area contributed by atoms with Crippen LogP contribution in [0.3, 0.4) is 0 Å². The van der Waals surface area contributed by atoms with Crippen molar-refractivity contribution in [2.24, 2.45) is 16.4 Å². The summed E-state index contributed by atoms with van der Waals surface area (Å²) in [4.78, 5) is 5.10. The maximum atomic E-state index is 5.81. The zero-order chi connectivity index (χ0) is 13.1. The van der Waals surface area contributed by atoms with Crippen LogP contribution in [0.25, 0.3) is 0 Å². The highest BCUT2D eigenvalue weighted by atomic mass is 15.4. The molecule has 0 amide bonds. The van der Waals surface area contributed by atoms with Gasteiger partial charge in [-0.05, 0) is 5.56 Å². The molecule has 1 aromatic carbocycles. The molecule has 100 valence electrons. The topological polar surface area (TPSA) is 44.9 Å². The lowest BCUT2D eigenvalue weighted by Gasteiger charge is -2.64. The van der Waals surface area contributed by atoms with Crippen molar-refractivity contribution in [2.75, 3.05) is 32.8 Å². The summed E-state index contributed by atoms with van der Waals surface area (Å²) in [5.41, 5.74) is 2.68. The Bertz CT molecular complexity index is 522. The first-order chi connectivity index (χ1) is 9.16. The normalized spacial score (nSPS) is 45.8. The van der Waals surface area contributed by atoms with Crippen molar-refractivity contribution < 1.29 is 0 Å². The van der Waals surface area contributed by atoms with Crippen LogP contribution < -0.4 is 5.84 Å². The molecule has 0 spiro atoms. The van der Waals surface area contributed by atoms with Gasteiger partial charge in [0.2, 0.25) is 0 Å². The van der Waals surface area contributed by atoms with Gasteiger partial charge in [0.05, 0.1) is 17.8 Å². The monoisotopic (exact) mass is 256 g/mol. The average Bonchev–Trinajstić information content (AvgIpc) is 2.38. The number of piperidine rings is 2. The van der Waals surface area contributed by atoms with E-state index >= 15 is 0 Å². The molecular weight excluding hydrogens is 236 g/mol. The van der Waals surface area contributed by atoms with Gasteiger partial charge >= 0.3 is 0 Å². The fraction of sp³-hybridized carbons (Fsp3) is 0.533. The van der Waals surface area contributed by atoms with Gasteiger partial charge in [0.15, 0.2) is 0 Å². The van der Waals surface area contributed by atoms with Crippen LogP contribution in [0.1, 0.15) is 12.5 Å². The summed E-state index contributed by atoms with van der Waals surface area (Å²) in [5.74, 6) is 5.81. The number of nitrogens with two attached hydrogens (primary N) is 1. The number of hydrogen-bond acceptors (Lipinski definition) is 4. The number of hydrogen-bond donors (Lipinski definition) is 1. The summed E-state index contributed by atoms with van der Waals surface area (Å²) in [6.07, 6.45) is 0. The standard InChI is InChI=1S/C15H20N4/c1-14-7-18-9-15(13(14)17-16,10-19(8-14)11-18)12-5-3-2-4-6-12/h2-6H,7-11,16H2,1H3/b17-13+. The first kappa shape index (κ1) is 11.4. The Morgan fingerprint density at radius 2 is 1.68 bits per heavy atom. The number of hydrazone groups is 1. The van der Waals surface area contributed by atoms with Crippen molar-refractivity contribution in [3.63, 3.8) is 0 Å². The molecule has 4 heteroatoms. The highest BCUT2D eigenvalue weighted by Crippen LogP contribution is 2.48. The van der Waals surface area contributed by atoms with Gasteiger partial charge in [0.1, 0.15) is 0 Å². The Kier molecular flexibility index (Phi) is 2.16. The SMILES string of the molecule is CC12CN3CN(C1)CC(c1ccccc1)(C3)/C2=N/N. The highest BCUT2D eigenvalue weighted by Gasteiger charge is 2.60. The van der Waals surface area contributed by atoms with Crippen LogP contribution in [0.4, 0.5) is 0 Å². The molecule has 19 heavy (non-hydrogen) atoms. The summed E-state index contributed by atoms with van der Waals surface area (Å²) in [7, 11) is 0. The van der Waals surface area contributed by atoms with Crippen molar-refractivity contribution >= 4 is 5.71 Å². The first-order valence-corrected chi connectivity index (χ1v) is 6.95. The maximum absolute atomic E-state index is 5.81. The van der Waals surface area contributed by atoms with Crippen LogP contribution in [-0.2, 0) is 5.41 Å². The molecule has 4 aliphatic heterocycles. The summed E-state index contributed by atoms with van der Waals surface area (Å²) >= 11 is 0. The lowest BCUT2D eigenvalue weighted by Crippen LogP contribution is -2.77. The lowest BCUT2D eigenvalue weighted by atomic mass is 9.59. The molecule has 4 saturated heterocycles. The van der Waals surface area contributed by atoms with Crippen molar-refractivity contribution in [1.29, 1.82) is 0 Å². The zero-order valence-corrected chi connectivity index (χ0v) is 11.3.